The molecule has 39 heavy (non-hydrogen) atoms. The van der Waals surface area contributed by atoms with Gasteiger partial charge < -0.3 is 24.4 Å². The van der Waals surface area contributed by atoms with Crippen LogP contribution < -0.4 is 4.74 Å². The highest BCUT2D eigenvalue weighted by molar-refractivity contribution is 5.95. The SMILES string of the molecule is CC[C@@]12O[C@@](CCOc3ccc(C#N)cc3)(C[C@H]1OC)c1c2c(O)n(-c2ccc(C#N)c3ccccc23)c1O. The van der Waals surface area contributed by atoms with Gasteiger partial charge in [-0.25, -0.2) is 0 Å². The van der Waals surface area contributed by atoms with E-state index in [2.05, 4.69) is 12.1 Å². The number of hydrogen-bond donors (Lipinski definition) is 2. The first-order chi connectivity index (χ1) is 18.9. The van der Waals surface area contributed by atoms with Gasteiger partial charge in [-0.05, 0) is 42.8 Å². The number of nitriles is 2. The van der Waals surface area contributed by atoms with Crippen LogP contribution in [0.2, 0.25) is 0 Å². The van der Waals surface area contributed by atoms with Gasteiger partial charge in [0, 0.05) is 30.7 Å². The maximum Gasteiger partial charge on any atom is 0.205 e. The summed E-state index contributed by atoms with van der Waals surface area (Å²) >= 11 is 0. The molecule has 0 saturated carbocycles. The summed E-state index contributed by atoms with van der Waals surface area (Å²) in [6.45, 7) is 2.27. The minimum atomic E-state index is -0.937. The van der Waals surface area contributed by atoms with Gasteiger partial charge in [-0.15, -0.1) is 0 Å². The molecule has 1 saturated heterocycles. The van der Waals surface area contributed by atoms with Crippen LogP contribution in [-0.2, 0) is 20.7 Å². The Bertz CT molecular complexity index is 1680. The first-order valence-electron chi connectivity index (χ1n) is 12.9. The molecule has 3 aromatic carbocycles. The molecule has 4 aromatic rings. The van der Waals surface area contributed by atoms with Crippen molar-refractivity contribution in [2.45, 2.75) is 43.5 Å². The molecule has 2 aliphatic rings. The van der Waals surface area contributed by atoms with Crippen LogP contribution in [0.15, 0.2) is 60.7 Å². The van der Waals surface area contributed by atoms with Gasteiger partial charge in [0.15, 0.2) is 0 Å². The highest BCUT2D eigenvalue weighted by atomic mass is 16.6. The van der Waals surface area contributed by atoms with Crippen LogP contribution >= 0.6 is 0 Å². The molecule has 6 rings (SSSR count). The van der Waals surface area contributed by atoms with Crippen LogP contribution in [-0.4, -0.2) is 34.6 Å². The number of benzene rings is 3. The average molecular weight is 522 g/mol. The van der Waals surface area contributed by atoms with E-state index in [0.29, 0.717) is 53.0 Å². The van der Waals surface area contributed by atoms with Crippen LogP contribution in [0, 0.1) is 22.7 Å². The largest absolute Gasteiger partial charge is 0.494 e. The minimum Gasteiger partial charge on any atom is -0.494 e. The number of fused-ring (bicyclic) bond motifs is 6. The van der Waals surface area contributed by atoms with Gasteiger partial charge in [0.1, 0.15) is 17.0 Å². The van der Waals surface area contributed by atoms with Crippen LogP contribution in [0.25, 0.3) is 16.5 Å². The van der Waals surface area contributed by atoms with Gasteiger partial charge >= 0.3 is 0 Å². The van der Waals surface area contributed by atoms with Gasteiger partial charge in [0.2, 0.25) is 11.8 Å². The smallest absolute Gasteiger partial charge is 0.205 e. The molecule has 196 valence electrons. The molecule has 0 unspecified atom stereocenters. The van der Waals surface area contributed by atoms with E-state index >= 15 is 0 Å². The van der Waals surface area contributed by atoms with Crippen LogP contribution in [0.3, 0.4) is 0 Å². The van der Waals surface area contributed by atoms with Crippen molar-refractivity contribution in [3.63, 3.8) is 0 Å². The first kappa shape index (κ1) is 24.8. The summed E-state index contributed by atoms with van der Waals surface area (Å²) < 4.78 is 20.1. The van der Waals surface area contributed by atoms with E-state index in [1.165, 1.54) is 4.57 Å². The van der Waals surface area contributed by atoms with E-state index in [1.807, 2.05) is 31.2 Å². The van der Waals surface area contributed by atoms with Crippen LogP contribution in [0.4, 0.5) is 0 Å². The normalized spacial score (nSPS) is 22.9. The molecule has 0 amide bonds. The van der Waals surface area contributed by atoms with E-state index in [1.54, 1.807) is 43.5 Å². The lowest BCUT2D eigenvalue weighted by atomic mass is 9.74. The van der Waals surface area contributed by atoms with E-state index in [0.717, 1.165) is 10.8 Å². The van der Waals surface area contributed by atoms with Crippen LogP contribution in [0.5, 0.6) is 17.5 Å². The van der Waals surface area contributed by atoms with Gasteiger partial charge in [-0.2, -0.15) is 10.5 Å². The zero-order valence-electron chi connectivity index (χ0n) is 21.6. The van der Waals surface area contributed by atoms with Crippen molar-refractivity contribution in [2.24, 2.45) is 0 Å². The molecule has 0 aliphatic carbocycles. The minimum absolute atomic E-state index is 0.0967. The Morgan fingerprint density at radius 2 is 1.69 bits per heavy atom. The molecule has 3 heterocycles. The third-order valence-electron chi connectivity index (χ3n) is 8.24. The fourth-order valence-corrected chi connectivity index (χ4v) is 6.46. The van der Waals surface area contributed by atoms with Gasteiger partial charge in [-0.3, -0.25) is 4.57 Å². The first-order valence-corrected chi connectivity index (χ1v) is 12.9. The topological polar surface area (TPSA) is 121 Å². The number of methoxy groups -OCH3 is 1. The lowest BCUT2D eigenvalue weighted by Gasteiger charge is -2.31. The molecule has 8 heteroatoms. The highest BCUT2D eigenvalue weighted by Gasteiger charge is 2.67. The maximum atomic E-state index is 11.7. The molecule has 8 nitrogen and oxygen atoms in total. The molecule has 2 bridgehead atoms. The van der Waals surface area contributed by atoms with E-state index in [4.69, 9.17) is 19.5 Å². The summed E-state index contributed by atoms with van der Waals surface area (Å²) in [5.74, 6) is 0.428. The van der Waals surface area contributed by atoms with Gasteiger partial charge in [0.05, 0.1) is 52.8 Å². The standard InChI is InChI=1S/C31H27N3O5/c1-3-31-25(37-2)16-30(39-31,14-15-38-21-11-8-19(17-32)9-12-21)26-27(31)29(36)34(28(26)35)24-13-10-20(18-33)22-6-4-5-7-23(22)24/h4-13,25,35-36H,3,14-16H2,1-2H3/t25-,30+,31-/m1/s1. The van der Waals surface area contributed by atoms with Crippen molar-refractivity contribution in [2.75, 3.05) is 13.7 Å². The Labute approximate surface area is 225 Å². The number of rotatable bonds is 7. The Hall–Kier alpha value is -4.50. The Morgan fingerprint density at radius 3 is 2.36 bits per heavy atom. The summed E-state index contributed by atoms with van der Waals surface area (Å²) in [4.78, 5) is 0. The summed E-state index contributed by atoms with van der Waals surface area (Å²) in [6.07, 6.45) is 1.10. The van der Waals surface area contributed by atoms with E-state index < -0.39 is 11.2 Å². The molecular weight excluding hydrogens is 494 g/mol. The summed E-state index contributed by atoms with van der Waals surface area (Å²) in [6, 6.07) is 22.1. The fraction of sp³-hybridized carbons (Fsp3) is 0.290. The van der Waals surface area contributed by atoms with E-state index in [9.17, 15) is 15.5 Å². The summed E-state index contributed by atoms with van der Waals surface area (Å²) in [5, 5.41) is 43.6. The number of ether oxygens (including phenoxy) is 3. The van der Waals surface area contributed by atoms with Crippen molar-refractivity contribution >= 4 is 10.8 Å². The Kier molecular flexibility index (Phi) is 5.76. The Morgan fingerprint density at radius 1 is 0.974 bits per heavy atom. The highest BCUT2D eigenvalue weighted by Crippen LogP contribution is 2.67. The number of nitrogens with zero attached hydrogens (tertiary/aromatic N) is 3. The van der Waals surface area contributed by atoms with Crippen molar-refractivity contribution in [1.29, 1.82) is 10.5 Å². The molecule has 1 aromatic heterocycles. The molecule has 1 fully saturated rings. The second-order valence-corrected chi connectivity index (χ2v) is 10.0. The van der Waals surface area contributed by atoms with Crippen molar-refractivity contribution in [3.05, 3.63) is 82.9 Å². The molecule has 2 N–H and O–H groups in total. The van der Waals surface area contributed by atoms with Crippen LogP contribution in [0.1, 0.15) is 48.4 Å². The molecule has 3 atom stereocenters. The molecule has 2 aliphatic heterocycles. The van der Waals surface area contributed by atoms with E-state index in [-0.39, 0.29) is 24.5 Å². The predicted molar refractivity (Wildman–Crippen MR) is 143 cm³/mol. The third kappa shape index (κ3) is 3.43. The zero-order chi connectivity index (χ0) is 27.4. The van der Waals surface area contributed by atoms with Crippen molar-refractivity contribution in [1.82, 2.24) is 4.57 Å². The summed E-state index contributed by atoms with van der Waals surface area (Å²) in [7, 11) is 1.63. The predicted octanol–water partition coefficient (Wildman–Crippen LogP) is 5.50. The average Bonchev–Trinajstić information content (AvgIpc) is 3.56. The Balaban J connectivity index is 1.46. The monoisotopic (exact) mass is 521 g/mol. The zero-order valence-corrected chi connectivity index (χ0v) is 21.6. The quantitative estimate of drug-likeness (QED) is 0.329. The third-order valence-corrected chi connectivity index (χ3v) is 8.24. The second kappa shape index (κ2) is 9.06. The lowest BCUT2D eigenvalue weighted by Crippen LogP contribution is -2.37. The lowest BCUT2D eigenvalue weighted by molar-refractivity contribution is -0.125. The maximum absolute atomic E-state index is 11.7. The summed E-state index contributed by atoms with van der Waals surface area (Å²) in [5.41, 5.74) is 0.837. The molecule has 0 radical (unpaired) electrons. The molecular formula is C31H27N3O5. The van der Waals surface area contributed by atoms with Gasteiger partial charge in [-0.1, -0.05) is 31.2 Å². The number of hydrogen-bond acceptors (Lipinski definition) is 7. The number of aromatic hydroxyl groups is 2. The number of aromatic nitrogens is 1. The fourth-order valence-electron chi connectivity index (χ4n) is 6.46. The van der Waals surface area contributed by atoms with Gasteiger partial charge in [0.25, 0.3) is 0 Å². The van der Waals surface area contributed by atoms with Crippen molar-refractivity contribution in [3.8, 4) is 35.3 Å². The second-order valence-electron chi connectivity index (χ2n) is 10.0. The van der Waals surface area contributed by atoms with Crippen molar-refractivity contribution < 1.29 is 24.4 Å². The molecule has 0 spiro atoms.